The minimum absolute atomic E-state index is 0.281. The van der Waals surface area contributed by atoms with E-state index in [0.29, 0.717) is 23.3 Å². The van der Waals surface area contributed by atoms with Gasteiger partial charge in [-0.2, -0.15) is 0 Å². The van der Waals surface area contributed by atoms with Gasteiger partial charge in [-0.3, -0.25) is 0 Å². The molecular weight excluding hydrogens is 260 g/mol. The lowest BCUT2D eigenvalue weighted by atomic mass is 9.96. The summed E-state index contributed by atoms with van der Waals surface area (Å²) in [6.45, 7) is 2.21. The van der Waals surface area contributed by atoms with Gasteiger partial charge in [-0.25, -0.2) is 8.78 Å². The van der Waals surface area contributed by atoms with Crippen LogP contribution in [0, 0.1) is 18.6 Å². The minimum atomic E-state index is -0.844. The van der Waals surface area contributed by atoms with Gasteiger partial charge in [-0.05, 0) is 24.1 Å². The Morgan fingerprint density at radius 3 is 2.70 bits per heavy atom. The monoisotopic (exact) mass is 275 g/mol. The first-order chi connectivity index (χ1) is 9.61. The van der Waals surface area contributed by atoms with Crippen LogP contribution in [0.5, 0.6) is 5.75 Å². The second-order valence-electron chi connectivity index (χ2n) is 5.02. The molecule has 104 valence electrons. The third kappa shape index (κ3) is 1.96. The number of hydrogen-bond donors (Lipinski definition) is 1. The summed E-state index contributed by atoms with van der Waals surface area (Å²) in [6, 6.07) is 8.78. The molecule has 0 aromatic heterocycles. The highest BCUT2D eigenvalue weighted by atomic mass is 19.2. The fraction of sp³-hybridized carbons (Fsp3) is 0.250. The van der Waals surface area contributed by atoms with Crippen molar-refractivity contribution in [3.8, 4) is 16.9 Å². The molecule has 0 saturated heterocycles. The minimum Gasteiger partial charge on any atom is -0.488 e. The second-order valence-corrected chi connectivity index (χ2v) is 5.02. The third-order valence-corrected chi connectivity index (χ3v) is 3.68. The van der Waals surface area contributed by atoms with Crippen molar-refractivity contribution in [2.24, 2.45) is 5.73 Å². The first-order valence-electron chi connectivity index (χ1n) is 6.55. The predicted octanol–water partition coefficient (Wildman–Crippen LogP) is 3.20. The van der Waals surface area contributed by atoms with Gasteiger partial charge in [0.2, 0.25) is 0 Å². The fourth-order valence-corrected chi connectivity index (χ4v) is 2.62. The Kier molecular flexibility index (Phi) is 3.18. The van der Waals surface area contributed by atoms with Crippen molar-refractivity contribution < 1.29 is 13.5 Å². The van der Waals surface area contributed by atoms with Gasteiger partial charge in [0.25, 0.3) is 0 Å². The molecule has 1 heterocycles. The maximum atomic E-state index is 13.9. The van der Waals surface area contributed by atoms with Gasteiger partial charge < -0.3 is 10.5 Å². The van der Waals surface area contributed by atoms with Crippen LogP contribution in [-0.4, -0.2) is 12.6 Å². The average Bonchev–Trinajstić information content (AvgIpc) is 2.88. The summed E-state index contributed by atoms with van der Waals surface area (Å²) in [5, 5.41) is 0. The average molecular weight is 275 g/mol. The zero-order chi connectivity index (χ0) is 14.3. The summed E-state index contributed by atoms with van der Waals surface area (Å²) in [5.74, 6) is -1.25. The van der Waals surface area contributed by atoms with Crippen molar-refractivity contribution >= 4 is 0 Å². The highest BCUT2D eigenvalue weighted by Crippen LogP contribution is 2.42. The van der Waals surface area contributed by atoms with E-state index in [-0.39, 0.29) is 12.6 Å². The van der Waals surface area contributed by atoms with E-state index in [9.17, 15) is 8.78 Å². The molecule has 2 nitrogen and oxygen atoms in total. The zero-order valence-electron chi connectivity index (χ0n) is 11.1. The number of aryl methyl sites for hydroxylation is 1. The summed E-state index contributed by atoms with van der Waals surface area (Å²) in [7, 11) is 0. The van der Waals surface area contributed by atoms with E-state index in [0.717, 1.165) is 11.1 Å². The maximum absolute atomic E-state index is 13.9. The van der Waals surface area contributed by atoms with E-state index in [1.54, 1.807) is 0 Å². The third-order valence-electron chi connectivity index (χ3n) is 3.68. The summed E-state index contributed by atoms with van der Waals surface area (Å²) >= 11 is 0. The van der Waals surface area contributed by atoms with Crippen molar-refractivity contribution in [1.82, 2.24) is 0 Å². The SMILES string of the molecule is Cc1ccccc1-c1cc(F)c(F)c2c1OC(CN)C2. The quantitative estimate of drug-likeness (QED) is 0.913. The molecule has 1 aliphatic rings. The normalized spacial score (nSPS) is 16.9. The highest BCUT2D eigenvalue weighted by Gasteiger charge is 2.30. The van der Waals surface area contributed by atoms with Gasteiger partial charge >= 0.3 is 0 Å². The van der Waals surface area contributed by atoms with Crippen LogP contribution in [0.2, 0.25) is 0 Å². The van der Waals surface area contributed by atoms with Crippen molar-refractivity contribution in [2.75, 3.05) is 6.54 Å². The Hall–Kier alpha value is -1.94. The smallest absolute Gasteiger partial charge is 0.165 e. The Bertz CT molecular complexity index is 670. The Morgan fingerprint density at radius 2 is 2.00 bits per heavy atom. The highest BCUT2D eigenvalue weighted by molar-refractivity contribution is 5.75. The lowest BCUT2D eigenvalue weighted by Gasteiger charge is -2.13. The van der Waals surface area contributed by atoms with Crippen LogP contribution >= 0.6 is 0 Å². The van der Waals surface area contributed by atoms with Crippen molar-refractivity contribution in [1.29, 1.82) is 0 Å². The van der Waals surface area contributed by atoms with Gasteiger partial charge in [-0.1, -0.05) is 24.3 Å². The van der Waals surface area contributed by atoms with Gasteiger partial charge in [0, 0.05) is 24.1 Å². The van der Waals surface area contributed by atoms with Crippen LogP contribution < -0.4 is 10.5 Å². The number of rotatable bonds is 2. The van der Waals surface area contributed by atoms with Crippen LogP contribution in [0.25, 0.3) is 11.1 Å². The van der Waals surface area contributed by atoms with Crippen LogP contribution in [0.1, 0.15) is 11.1 Å². The predicted molar refractivity (Wildman–Crippen MR) is 73.7 cm³/mol. The summed E-state index contributed by atoms with van der Waals surface area (Å²) in [6.07, 6.45) is 0.0259. The molecular formula is C16H15F2NO. The maximum Gasteiger partial charge on any atom is 0.165 e. The number of benzene rings is 2. The lowest BCUT2D eigenvalue weighted by molar-refractivity contribution is 0.242. The van der Waals surface area contributed by atoms with Crippen LogP contribution in [0.3, 0.4) is 0 Å². The topological polar surface area (TPSA) is 35.2 Å². The van der Waals surface area contributed by atoms with Gasteiger partial charge in [-0.15, -0.1) is 0 Å². The Labute approximate surface area is 116 Å². The number of hydrogen-bond acceptors (Lipinski definition) is 2. The molecule has 1 unspecified atom stereocenters. The molecule has 0 radical (unpaired) electrons. The van der Waals surface area contributed by atoms with E-state index in [2.05, 4.69) is 0 Å². The molecule has 0 bridgehead atoms. The second kappa shape index (κ2) is 4.87. The van der Waals surface area contributed by atoms with Crippen LogP contribution in [-0.2, 0) is 6.42 Å². The molecule has 2 aromatic rings. The first kappa shape index (κ1) is 13.1. The molecule has 0 saturated carbocycles. The molecule has 1 aliphatic heterocycles. The van der Waals surface area contributed by atoms with Crippen molar-refractivity contribution in [3.63, 3.8) is 0 Å². The molecule has 20 heavy (non-hydrogen) atoms. The molecule has 2 N–H and O–H groups in total. The fourth-order valence-electron chi connectivity index (χ4n) is 2.62. The number of nitrogens with two attached hydrogens (primary N) is 1. The van der Waals surface area contributed by atoms with E-state index in [4.69, 9.17) is 10.5 Å². The molecule has 1 atom stereocenters. The lowest BCUT2D eigenvalue weighted by Crippen LogP contribution is -2.24. The zero-order valence-corrected chi connectivity index (χ0v) is 11.1. The summed E-state index contributed by atoms with van der Waals surface area (Å²) in [5.41, 5.74) is 8.29. The molecule has 0 amide bonds. The molecule has 2 aromatic carbocycles. The molecule has 0 spiro atoms. The number of fused-ring (bicyclic) bond motifs is 1. The van der Waals surface area contributed by atoms with Gasteiger partial charge in [0.05, 0.1) is 0 Å². The molecule has 0 aliphatic carbocycles. The summed E-state index contributed by atoms with van der Waals surface area (Å²) in [4.78, 5) is 0. The summed E-state index contributed by atoms with van der Waals surface area (Å²) < 4.78 is 33.4. The molecule has 3 rings (SSSR count). The largest absolute Gasteiger partial charge is 0.488 e. The van der Waals surface area contributed by atoms with Crippen LogP contribution in [0.15, 0.2) is 30.3 Å². The standard InChI is InChI=1S/C16H15F2NO/c1-9-4-2-3-5-11(9)12-7-14(17)15(18)13-6-10(8-19)20-16(12)13/h2-5,7,10H,6,8,19H2,1H3. The van der Waals surface area contributed by atoms with E-state index >= 15 is 0 Å². The number of ether oxygens (including phenoxy) is 1. The Balaban J connectivity index is 2.22. The first-order valence-corrected chi connectivity index (χ1v) is 6.55. The van der Waals surface area contributed by atoms with Crippen molar-refractivity contribution in [2.45, 2.75) is 19.4 Å². The van der Waals surface area contributed by atoms with Gasteiger partial charge in [0.15, 0.2) is 11.6 Å². The van der Waals surface area contributed by atoms with E-state index < -0.39 is 11.6 Å². The van der Waals surface area contributed by atoms with E-state index in [1.807, 2.05) is 31.2 Å². The van der Waals surface area contributed by atoms with Gasteiger partial charge in [0.1, 0.15) is 11.9 Å². The van der Waals surface area contributed by atoms with Crippen LogP contribution in [0.4, 0.5) is 8.78 Å². The number of halogens is 2. The molecule has 4 heteroatoms. The Morgan fingerprint density at radius 1 is 1.25 bits per heavy atom. The van der Waals surface area contributed by atoms with E-state index in [1.165, 1.54) is 6.07 Å². The molecule has 0 fully saturated rings. The van der Waals surface area contributed by atoms with Crippen molar-refractivity contribution in [3.05, 3.63) is 53.1 Å².